The van der Waals surface area contributed by atoms with Gasteiger partial charge >= 0.3 is 17.9 Å². The van der Waals surface area contributed by atoms with Crippen LogP contribution in [0.15, 0.2) is 42.5 Å². The monoisotopic (exact) mass is 396 g/mol. The van der Waals surface area contributed by atoms with Crippen LogP contribution >= 0.6 is 0 Å². The second-order valence-electron chi connectivity index (χ2n) is 6.18. The van der Waals surface area contributed by atoms with Crippen LogP contribution in [0.1, 0.15) is 32.3 Å². The van der Waals surface area contributed by atoms with E-state index < -0.39 is 29.2 Å². The number of rotatable bonds is 8. The number of terminal acetylenes is 1. The molecule has 0 amide bonds. The van der Waals surface area contributed by atoms with Crippen LogP contribution in [0, 0.1) is 17.8 Å². The van der Waals surface area contributed by atoms with E-state index in [-0.39, 0.29) is 19.8 Å². The summed E-state index contributed by atoms with van der Waals surface area (Å²) in [5.41, 5.74) is -2.03. The van der Waals surface area contributed by atoms with E-state index in [1.165, 1.54) is 0 Å². The van der Waals surface area contributed by atoms with Gasteiger partial charge in [-0.25, -0.2) is 0 Å². The SMILES string of the molecule is C#C[C@H](c1ccc2ccccc2c1)C(C(=O)OCC)(C(=O)OCC)C(=O)OCC. The number of carbonyl (C=O) groups excluding carboxylic acids is 3. The number of benzene rings is 2. The van der Waals surface area contributed by atoms with Crippen LogP contribution in [0.3, 0.4) is 0 Å². The Morgan fingerprint density at radius 3 is 1.79 bits per heavy atom. The second-order valence-corrected chi connectivity index (χ2v) is 6.18. The average Bonchev–Trinajstić information content (AvgIpc) is 2.71. The standard InChI is InChI=1S/C23H24O6/c1-5-19(18-14-13-16-11-9-10-12-17(16)15-18)23(20(24)27-6-2,21(25)28-7-3)22(26)29-8-4/h1,9-15,19H,6-8H2,2-4H3/t19-/m1/s1. The minimum Gasteiger partial charge on any atom is -0.465 e. The smallest absolute Gasteiger partial charge is 0.336 e. The second kappa shape index (κ2) is 9.74. The van der Waals surface area contributed by atoms with Crippen molar-refractivity contribution < 1.29 is 28.6 Å². The molecular weight excluding hydrogens is 372 g/mol. The Hall–Kier alpha value is -3.33. The maximum atomic E-state index is 13.0. The van der Waals surface area contributed by atoms with Crippen LogP contribution < -0.4 is 0 Å². The molecule has 0 spiro atoms. The molecule has 0 bridgehead atoms. The van der Waals surface area contributed by atoms with Gasteiger partial charge in [0.15, 0.2) is 0 Å². The third kappa shape index (κ3) is 4.09. The lowest BCUT2D eigenvalue weighted by Crippen LogP contribution is -2.53. The highest BCUT2D eigenvalue weighted by Crippen LogP contribution is 2.41. The molecule has 6 nitrogen and oxygen atoms in total. The van der Waals surface area contributed by atoms with Crippen LogP contribution in [0.2, 0.25) is 0 Å². The molecule has 0 aliphatic rings. The van der Waals surface area contributed by atoms with Gasteiger partial charge in [-0.05, 0) is 43.2 Å². The maximum Gasteiger partial charge on any atom is 0.336 e. The van der Waals surface area contributed by atoms with E-state index in [4.69, 9.17) is 20.6 Å². The minimum absolute atomic E-state index is 0.0472. The summed E-state index contributed by atoms with van der Waals surface area (Å²) in [5.74, 6) is -2.10. The topological polar surface area (TPSA) is 78.9 Å². The molecule has 0 heterocycles. The summed E-state index contributed by atoms with van der Waals surface area (Å²) in [5, 5.41) is 1.79. The summed E-state index contributed by atoms with van der Waals surface area (Å²) < 4.78 is 15.3. The van der Waals surface area contributed by atoms with Crippen molar-refractivity contribution >= 4 is 28.7 Å². The van der Waals surface area contributed by atoms with Gasteiger partial charge in [0, 0.05) is 0 Å². The fraction of sp³-hybridized carbons (Fsp3) is 0.348. The molecule has 0 unspecified atom stereocenters. The van der Waals surface area contributed by atoms with E-state index in [0.717, 1.165) is 10.8 Å². The Morgan fingerprint density at radius 1 is 0.862 bits per heavy atom. The number of fused-ring (bicyclic) bond motifs is 1. The highest BCUT2D eigenvalue weighted by Gasteiger charge is 2.63. The molecule has 2 aromatic carbocycles. The van der Waals surface area contributed by atoms with Crippen molar-refractivity contribution in [2.45, 2.75) is 26.7 Å². The van der Waals surface area contributed by atoms with Crippen LogP contribution in [0.25, 0.3) is 10.8 Å². The molecule has 0 N–H and O–H groups in total. The molecule has 29 heavy (non-hydrogen) atoms. The molecule has 1 atom stereocenters. The van der Waals surface area contributed by atoms with Crippen molar-refractivity contribution in [1.82, 2.24) is 0 Å². The molecule has 0 aromatic heterocycles. The van der Waals surface area contributed by atoms with Crippen molar-refractivity contribution in [2.75, 3.05) is 19.8 Å². The summed E-state index contributed by atoms with van der Waals surface area (Å²) in [6, 6.07) is 12.8. The van der Waals surface area contributed by atoms with Crippen molar-refractivity contribution in [2.24, 2.45) is 5.41 Å². The molecule has 152 valence electrons. The first-order chi connectivity index (χ1) is 14.0. The van der Waals surface area contributed by atoms with Gasteiger partial charge in [0.2, 0.25) is 0 Å². The zero-order valence-electron chi connectivity index (χ0n) is 16.8. The van der Waals surface area contributed by atoms with Crippen LogP contribution in [-0.2, 0) is 28.6 Å². The van der Waals surface area contributed by atoms with E-state index in [0.29, 0.717) is 5.56 Å². The van der Waals surface area contributed by atoms with Gasteiger partial charge in [0.25, 0.3) is 5.41 Å². The van der Waals surface area contributed by atoms with E-state index in [9.17, 15) is 14.4 Å². The molecule has 0 fully saturated rings. The number of esters is 3. The minimum atomic E-state index is -2.46. The van der Waals surface area contributed by atoms with Crippen molar-refractivity contribution in [3.63, 3.8) is 0 Å². The molecular formula is C23H24O6. The fourth-order valence-corrected chi connectivity index (χ4v) is 3.20. The third-order valence-corrected chi connectivity index (χ3v) is 4.50. The summed E-state index contributed by atoms with van der Waals surface area (Å²) in [4.78, 5) is 39.0. The van der Waals surface area contributed by atoms with Crippen LogP contribution in [0.5, 0.6) is 0 Å². The third-order valence-electron chi connectivity index (χ3n) is 4.50. The quantitative estimate of drug-likeness (QED) is 0.295. The largest absolute Gasteiger partial charge is 0.465 e. The molecule has 0 saturated heterocycles. The maximum absolute atomic E-state index is 13.0. The van der Waals surface area contributed by atoms with E-state index in [2.05, 4.69) is 5.92 Å². The fourth-order valence-electron chi connectivity index (χ4n) is 3.20. The average molecular weight is 396 g/mol. The first-order valence-corrected chi connectivity index (χ1v) is 9.43. The summed E-state index contributed by atoms with van der Waals surface area (Å²) in [6.07, 6.45) is 5.76. The van der Waals surface area contributed by atoms with Gasteiger partial charge in [-0.15, -0.1) is 6.42 Å². The predicted octanol–water partition coefficient (Wildman–Crippen LogP) is 3.23. The molecule has 2 rings (SSSR count). The summed E-state index contributed by atoms with van der Waals surface area (Å²) >= 11 is 0. The molecule has 2 aromatic rings. The van der Waals surface area contributed by atoms with Crippen LogP contribution in [0.4, 0.5) is 0 Å². The Bertz CT molecular complexity index is 894. The van der Waals surface area contributed by atoms with Crippen molar-refractivity contribution in [1.29, 1.82) is 0 Å². The first-order valence-electron chi connectivity index (χ1n) is 9.43. The molecule has 0 radical (unpaired) electrons. The zero-order valence-corrected chi connectivity index (χ0v) is 16.8. The number of hydrogen-bond acceptors (Lipinski definition) is 6. The highest BCUT2D eigenvalue weighted by molar-refractivity contribution is 6.19. The van der Waals surface area contributed by atoms with Crippen LogP contribution in [-0.4, -0.2) is 37.7 Å². The van der Waals surface area contributed by atoms with Gasteiger partial charge in [-0.1, -0.05) is 42.3 Å². The number of carbonyl (C=O) groups is 3. The van der Waals surface area contributed by atoms with E-state index in [1.807, 2.05) is 24.3 Å². The lowest BCUT2D eigenvalue weighted by molar-refractivity contribution is -0.184. The number of hydrogen-bond donors (Lipinski definition) is 0. The Morgan fingerprint density at radius 2 is 1.34 bits per heavy atom. The summed E-state index contributed by atoms with van der Waals surface area (Å²) in [7, 11) is 0. The Labute approximate surface area is 170 Å². The molecule has 0 saturated carbocycles. The normalized spacial score (nSPS) is 11.9. The Kier molecular flexibility index (Phi) is 7.38. The lowest BCUT2D eigenvalue weighted by Gasteiger charge is -2.31. The van der Waals surface area contributed by atoms with Gasteiger partial charge in [-0.3, -0.25) is 14.4 Å². The number of ether oxygens (including phenoxy) is 3. The predicted molar refractivity (Wildman–Crippen MR) is 108 cm³/mol. The van der Waals surface area contributed by atoms with Gasteiger partial charge in [-0.2, -0.15) is 0 Å². The van der Waals surface area contributed by atoms with Gasteiger partial charge in [0.05, 0.1) is 25.7 Å². The summed E-state index contributed by atoms with van der Waals surface area (Å²) in [6.45, 7) is 4.57. The first kappa shape index (κ1) is 22.0. The molecule has 6 heteroatoms. The molecule has 0 aliphatic heterocycles. The van der Waals surface area contributed by atoms with Gasteiger partial charge in [0.1, 0.15) is 0 Å². The van der Waals surface area contributed by atoms with Crippen molar-refractivity contribution in [3.05, 3.63) is 48.0 Å². The highest BCUT2D eigenvalue weighted by atomic mass is 16.6. The molecule has 0 aliphatic carbocycles. The lowest BCUT2D eigenvalue weighted by atomic mass is 9.71. The van der Waals surface area contributed by atoms with Crippen molar-refractivity contribution in [3.8, 4) is 12.3 Å². The van der Waals surface area contributed by atoms with E-state index in [1.54, 1.807) is 39.0 Å². The van der Waals surface area contributed by atoms with E-state index >= 15 is 0 Å². The van der Waals surface area contributed by atoms with Gasteiger partial charge < -0.3 is 14.2 Å². The Balaban J connectivity index is 2.75. The zero-order chi connectivity index (χ0) is 21.4.